The second kappa shape index (κ2) is 5.74. The minimum Gasteiger partial charge on any atom is -0.379 e. The summed E-state index contributed by atoms with van der Waals surface area (Å²) < 4.78 is 1.40. The number of nitrogens with one attached hydrogen (secondary N) is 1. The van der Waals surface area contributed by atoms with Crippen molar-refractivity contribution in [3.05, 3.63) is 21.6 Å². The normalized spacial score (nSPS) is 13.4. The monoisotopic (exact) mass is 271 g/mol. The minimum absolute atomic E-state index is 0.0849. The van der Waals surface area contributed by atoms with Crippen molar-refractivity contribution in [3.8, 4) is 0 Å². The average Bonchev–Trinajstić information content (AvgIpc) is 2.27. The lowest BCUT2D eigenvalue weighted by molar-refractivity contribution is 0.359. The third kappa shape index (κ3) is 3.48. The molecule has 1 rings (SSSR count). The zero-order valence-corrected chi connectivity index (χ0v) is 12.5. The van der Waals surface area contributed by atoms with Crippen LogP contribution in [0.15, 0.2) is 11.0 Å². The molecular formula is C13H22ClN3O. The van der Waals surface area contributed by atoms with Crippen molar-refractivity contribution in [3.63, 3.8) is 0 Å². The lowest BCUT2D eigenvalue weighted by Gasteiger charge is -2.29. The molecule has 1 aromatic rings. The molecule has 0 radical (unpaired) electrons. The molecule has 0 amide bonds. The first-order valence-corrected chi connectivity index (χ1v) is 6.67. The van der Waals surface area contributed by atoms with Crippen LogP contribution < -0.4 is 10.9 Å². The van der Waals surface area contributed by atoms with Gasteiger partial charge in [0, 0.05) is 12.6 Å². The molecule has 0 aliphatic heterocycles. The van der Waals surface area contributed by atoms with E-state index in [2.05, 4.69) is 38.1 Å². The summed E-state index contributed by atoms with van der Waals surface area (Å²) in [6.45, 7) is 11.0. The number of nitrogens with zero attached hydrogens (tertiary/aromatic N) is 2. The van der Waals surface area contributed by atoms with Crippen LogP contribution in [0.3, 0.4) is 0 Å². The quantitative estimate of drug-likeness (QED) is 0.915. The topological polar surface area (TPSA) is 46.9 Å². The van der Waals surface area contributed by atoms with Gasteiger partial charge in [0.15, 0.2) is 0 Å². The second-order valence-electron chi connectivity index (χ2n) is 5.63. The van der Waals surface area contributed by atoms with E-state index >= 15 is 0 Å². The van der Waals surface area contributed by atoms with Gasteiger partial charge in [0.05, 0.1) is 11.9 Å². The summed E-state index contributed by atoms with van der Waals surface area (Å²) in [7, 11) is 0. The Balaban J connectivity index is 2.99. The van der Waals surface area contributed by atoms with Crippen LogP contribution in [-0.2, 0) is 6.54 Å². The molecule has 4 nitrogen and oxygen atoms in total. The fourth-order valence-corrected chi connectivity index (χ4v) is 1.59. The fourth-order valence-electron chi connectivity index (χ4n) is 1.39. The first kappa shape index (κ1) is 15.0. The molecule has 0 aliphatic rings. The molecule has 0 aliphatic carbocycles. The van der Waals surface area contributed by atoms with Crippen LogP contribution in [0.1, 0.15) is 41.0 Å². The first-order chi connectivity index (χ1) is 8.27. The highest BCUT2D eigenvalue weighted by atomic mass is 35.5. The molecule has 18 heavy (non-hydrogen) atoms. The molecule has 0 saturated heterocycles. The van der Waals surface area contributed by atoms with E-state index in [-0.39, 0.29) is 22.0 Å². The summed E-state index contributed by atoms with van der Waals surface area (Å²) in [6, 6.07) is 0.193. The van der Waals surface area contributed by atoms with E-state index in [1.54, 1.807) is 6.20 Å². The highest BCUT2D eigenvalue weighted by Crippen LogP contribution is 2.24. The van der Waals surface area contributed by atoms with Gasteiger partial charge in [0.2, 0.25) is 0 Å². The van der Waals surface area contributed by atoms with Gasteiger partial charge in [-0.3, -0.25) is 4.79 Å². The van der Waals surface area contributed by atoms with Gasteiger partial charge in [-0.1, -0.05) is 39.3 Å². The standard InChI is InChI=1S/C13H22ClN3O/c1-6-7-17-12(18)11(14)10(8-15-17)16-9(2)13(3,4)5/h8-9,16H,6-7H2,1-5H3. The Kier molecular flexibility index (Phi) is 4.79. The van der Waals surface area contributed by atoms with Crippen LogP contribution in [0.5, 0.6) is 0 Å². The largest absolute Gasteiger partial charge is 0.379 e. The number of hydrogen-bond acceptors (Lipinski definition) is 3. The van der Waals surface area contributed by atoms with E-state index in [1.165, 1.54) is 4.68 Å². The Morgan fingerprint density at radius 2 is 2.11 bits per heavy atom. The van der Waals surface area contributed by atoms with E-state index in [0.29, 0.717) is 12.2 Å². The smallest absolute Gasteiger partial charge is 0.287 e. The van der Waals surface area contributed by atoms with Crippen molar-refractivity contribution in [2.75, 3.05) is 5.32 Å². The lowest BCUT2D eigenvalue weighted by atomic mass is 9.88. The second-order valence-corrected chi connectivity index (χ2v) is 6.01. The third-order valence-electron chi connectivity index (χ3n) is 3.09. The van der Waals surface area contributed by atoms with E-state index in [9.17, 15) is 4.79 Å². The Morgan fingerprint density at radius 1 is 1.50 bits per heavy atom. The van der Waals surface area contributed by atoms with E-state index in [1.807, 2.05) is 6.92 Å². The van der Waals surface area contributed by atoms with E-state index < -0.39 is 0 Å². The lowest BCUT2D eigenvalue weighted by Crippen LogP contribution is -2.32. The number of aryl methyl sites for hydroxylation is 1. The minimum atomic E-state index is -0.232. The maximum Gasteiger partial charge on any atom is 0.287 e. The van der Waals surface area contributed by atoms with E-state index in [4.69, 9.17) is 11.6 Å². The van der Waals surface area contributed by atoms with Gasteiger partial charge in [-0.25, -0.2) is 4.68 Å². The van der Waals surface area contributed by atoms with Gasteiger partial charge in [-0.05, 0) is 18.8 Å². The SMILES string of the molecule is CCCn1ncc(NC(C)C(C)(C)C)c(Cl)c1=O. The van der Waals surface area contributed by atoms with Crippen molar-refractivity contribution in [2.45, 2.75) is 53.6 Å². The average molecular weight is 272 g/mol. The van der Waals surface area contributed by atoms with Crippen molar-refractivity contribution in [1.82, 2.24) is 9.78 Å². The van der Waals surface area contributed by atoms with Crippen LogP contribution in [0.4, 0.5) is 5.69 Å². The van der Waals surface area contributed by atoms with Crippen molar-refractivity contribution < 1.29 is 0 Å². The Bertz CT molecular complexity index is 462. The molecule has 0 saturated carbocycles. The Hall–Kier alpha value is -1.03. The number of aromatic nitrogens is 2. The number of anilines is 1. The van der Waals surface area contributed by atoms with Gasteiger partial charge in [0.1, 0.15) is 5.02 Å². The molecule has 0 bridgehead atoms. The molecule has 102 valence electrons. The third-order valence-corrected chi connectivity index (χ3v) is 3.46. The summed E-state index contributed by atoms with van der Waals surface area (Å²) in [4.78, 5) is 11.9. The van der Waals surface area contributed by atoms with Crippen molar-refractivity contribution >= 4 is 17.3 Å². The molecule has 1 N–H and O–H groups in total. The molecule has 1 aromatic heterocycles. The van der Waals surface area contributed by atoms with Gasteiger partial charge >= 0.3 is 0 Å². The van der Waals surface area contributed by atoms with Crippen molar-refractivity contribution in [2.24, 2.45) is 5.41 Å². The Morgan fingerprint density at radius 3 is 2.61 bits per heavy atom. The van der Waals surface area contributed by atoms with Gasteiger partial charge in [0.25, 0.3) is 5.56 Å². The summed E-state index contributed by atoms with van der Waals surface area (Å²) >= 11 is 6.09. The van der Waals surface area contributed by atoms with Gasteiger partial charge in [-0.15, -0.1) is 0 Å². The van der Waals surface area contributed by atoms with E-state index in [0.717, 1.165) is 6.42 Å². The summed E-state index contributed by atoms with van der Waals surface area (Å²) in [6.07, 6.45) is 2.48. The molecule has 0 fully saturated rings. The number of halogens is 1. The maximum atomic E-state index is 11.9. The summed E-state index contributed by atoms with van der Waals surface area (Å²) in [5, 5.41) is 7.59. The molecule has 0 aromatic carbocycles. The molecule has 5 heteroatoms. The Labute approximate surface area is 113 Å². The molecule has 0 spiro atoms. The number of rotatable bonds is 4. The zero-order valence-electron chi connectivity index (χ0n) is 11.7. The summed E-state index contributed by atoms with van der Waals surface area (Å²) in [5.74, 6) is 0. The maximum absolute atomic E-state index is 11.9. The molecular weight excluding hydrogens is 250 g/mol. The zero-order chi connectivity index (χ0) is 13.9. The van der Waals surface area contributed by atoms with Crippen LogP contribution in [-0.4, -0.2) is 15.8 Å². The van der Waals surface area contributed by atoms with Gasteiger partial charge in [-0.2, -0.15) is 5.10 Å². The predicted molar refractivity (Wildman–Crippen MR) is 76.3 cm³/mol. The van der Waals surface area contributed by atoms with Crippen molar-refractivity contribution in [1.29, 1.82) is 0 Å². The van der Waals surface area contributed by atoms with Crippen LogP contribution in [0.2, 0.25) is 5.02 Å². The van der Waals surface area contributed by atoms with Crippen LogP contribution in [0.25, 0.3) is 0 Å². The molecule has 1 heterocycles. The summed E-state index contributed by atoms with van der Waals surface area (Å²) in [5.41, 5.74) is 0.461. The highest BCUT2D eigenvalue weighted by Gasteiger charge is 2.21. The first-order valence-electron chi connectivity index (χ1n) is 6.29. The molecule has 1 unspecified atom stereocenters. The fraction of sp³-hybridized carbons (Fsp3) is 0.692. The predicted octanol–water partition coefficient (Wildman–Crippen LogP) is 3.15. The highest BCUT2D eigenvalue weighted by molar-refractivity contribution is 6.32. The van der Waals surface area contributed by atoms with Crippen LogP contribution >= 0.6 is 11.6 Å². The van der Waals surface area contributed by atoms with Crippen LogP contribution in [0, 0.1) is 5.41 Å². The molecule has 1 atom stereocenters. The number of hydrogen-bond donors (Lipinski definition) is 1. The van der Waals surface area contributed by atoms with Gasteiger partial charge < -0.3 is 5.32 Å².